The number of alkyl halides is 5. The zero-order valence-corrected chi connectivity index (χ0v) is 19.1. The largest absolute Gasteiger partial charge is 0.416 e. The van der Waals surface area contributed by atoms with Crippen LogP contribution >= 0.6 is 11.6 Å². The molecule has 0 aliphatic rings. The Kier molecular flexibility index (Phi) is 7.66. The van der Waals surface area contributed by atoms with Gasteiger partial charge in [-0.25, -0.2) is 17.2 Å². The van der Waals surface area contributed by atoms with E-state index in [0.717, 1.165) is 18.2 Å². The Morgan fingerprint density at radius 2 is 1.58 bits per heavy atom. The van der Waals surface area contributed by atoms with Gasteiger partial charge in [0.05, 0.1) is 10.5 Å². The average Bonchev–Trinajstić information content (AvgIpc) is 2.66. The number of hydrogen-bond donors (Lipinski definition) is 2. The Balaban J connectivity index is 2.71. The first kappa shape index (κ1) is 26.4. The minimum Gasteiger partial charge on any atom is -0.368 e. The molecule has 0 saturated heterocycles. The molecule has 5 nitrogen and oxygen atoms in total. The predicted octanol–water partition coefficient (Wildman–Crippen LogP) is 6.05. The molecule has 0 aromatic heterocycles. The number of benzene rings is 2. The molecule has 2 aromatic rings. The first-order chi connectivity index (χ1) is 15.1. The molecule has 0 amide bonds. The molecule has 0 aliphatic carbocycles. The van der Waals surface area contributed by atoms with Crippen molar-refractivity contribution in [1.82, 2.24) is 5.32 Å². The molecule has 0 atom stereocenters. The summed E-state index contributed by atoms with van der Waals surface area (Å²) in [7, 11) is -4.45. The molecule has 0 bridgehead atoms. The molecule has 2 aromatic carbocycles. The standard InChI is InChI=1S/C21H19ClF5N3O2S/c1-12(2)29-19(18(11-28)33(31,32)17-6-4-15(22)5-7-17)30-16-9-13(20(3,23)24)8-14(10-16)21(25,26)27/h4-10,12,29-30H,1-3H3/b19-18-. The predicted molar refractivity (Wildman–Crippen MR) is 114 cm³/mol. The molecule has 2 N–H and O–H groups in total. The van der Waals surface area contributed by atoms with E-state index >= 15 is 0 Å². The Morgan fingerprint density at radius 1 is 1.03 bits per heavy atom. The fraction of sp³-hybridized carbons (Fsp3) is 0.286. The van der Waals surface area contributed by atoms with Gasteiger partial charge in [0.15, 0.2) is 4.91 Å². The Labute approximate surface area is 192 Å². The zero-order valence-electron chi connectivity index (χ0n) is 17.6. The smallest absolute Gasteiger partial charge is 0.368 e. The van der Waals surface area contributed by atoms with Gasteiger partial charge in [0, 0.05) is 29.2 Å². The van der Waals surface area contributed by atoms with Crippen LogP contribution in [0.25, 0.3) is 0 Å². The van der Waals surface area contributed by atoms with Gasteiger partial charge >= 0.3 is 6.18 Å². The number of sulfone groups is 1. The lowest BCUT2D eigenvalue weighted by atomic mass is 10.0. The summed E-state index contributed by atoms with van der Waals surface area (Å²) in [5.41, 5.74) is -2.79. The summed E-state index contributed by atoms with van der Waals surface area (Å²) in [5.74, 6) is -4.08. The van der Waals surface area contributed by atoms with Crippen LogP contribution in [0.3, 0.4) is 0 Å². The molecule has 0 spiro atoms. The Hall–Kier alpha value is -2.84. The van der Waals surface area contributed by atoms with Crippen LogP contribution in [0.4, 0.5) is 27.6 Å². The lowest BCUT2D eigenvalue weighted by Crippen LogP contribution is -2.30. The van der Waals surface area contributed by atoms with Gasteiger partial charge in [-0.15, -0.1) is 0 Å². The molecule has 0 aliphatic heterocycles. The van der Waals surface area contributed by atoms with Crippen molar-refractivity contribution in [1.29, 1.82) is 5.26 Å². The highest BCUT2D eigenvalue weighted by Gasteiger charge is 2.35. The minimum absolute atomic E-state index is 0.243. The molecule has 12 heteroatoms. The molecule has 0 fully saturated rings. The van der Waals surface area contributed by atoms with Crippen molar-refractivity contribution in [2.75, 3.05) is 5.32 Å². The summed E-state index contributed by atoms with van der Waals surface area (Å²) in [4.78, 5) is -1.14. The third-order valence-electron chi connectivity index (χ3n) is 4.19. The van der Waals surface area contributed by atoms with Crippen LogP contribution in [0, 0.1) is 11.3 Å². The highest BCUT2D eigenvalue weighted by atomic mass is 35.5. The van der Waals surface area contributed by atoms with E-state index in [2.05, 4.69) is 10.6 Å². The molecule has 2 rings (SSSR count). The lowest BCUT2D eigenvalue weighted by molar-refractivity contribution is -0.137. The molecular formula is C21H19ClF5N3O2S. The zero-order chi connectivity index (χ0) is 25.2. The van der Waals surface area contributed by atoms with Crippen molar-refractivity contribution in [2.45, 2.75) is 43.8 Å². The van der Waals surface area contributed by atoms with Crippen molar-refractivity contribution in [3.05, 3.63) is 69.3 Å². The number of nitriles is 1. The molecule has 33 heavy (non-hydrogen) atoms. The first-order valence-electron chi connectivity index (χ1n) is 9.35. The van der Waals surface area contributed by atoms with Gasteiger partial charge in [-0.1, -0.05) is 11.6 Å². The van der Waals surface area contributed by atoms with Gasteiger partial charge in [0.2, 0.25) is 9.84 Å². The topological polar surface area (TPSA) is 82.0 Å². The Bertz CT molecular complexity index is 1160. The fourth-order valence-electron chi connectivity index (χ4n) is 2.69. The van der Waals surface area contributed by atoms with Crippen molar-refractivity contribution in [3.63, 3.8) is 0 Å². The van der Waals surface area contributed by atoms with E-state index in [4.69, 9.17) is 11.6 Å². The van der Waals surface area contributed by atoms with Gasteiger partial charge in [-0.2, -0.15) is 18.4 Å². The fourth-order valence-corrected chi connectivity index (χ4v) is 4.05. The number of halogens is 6. The molecule has 0 radical (unpaired) electrons. The highest BCUT2D eigenvalue weighted by Crippen LogP contribution is 2.37. The molecule has 178 valence electrons. The monoisotopic (exact) mass is 507 g/mol. The number of anilines is 1. The summed E-state index contributed by atoms with van der Waals surface area (Å²) in [6, 6.07) is 7.54. The quantitative estimate of drug-likeness (QED) is 0.352. The van der Waals surface area contributed by atoms with Crippen molar-refractivity contribution in [2.24, 2.45) is 0 Å². The third kappa shape index (κ3) is 6.58. The van der Waals surface area contributed by atoms with E-state index in [0.29, 0.717) is 19.1 Å². The van der Waals surface area contributed by atoms with Gasteiger partial charge in [-0.05, 0) is 56.3 Å². The lowest BCUT2D eigenvalue weighted by Gasteiger charge is -2.21. The molecule has 0 unspecified atom stereocenters. The van der Waals surface area contributed by atoms with Gasteiger partial charge in [-0.3, -0.25) is 0 Å². The molecular weight excluding hydrogens is 489 g/mol. The summed E-state index contributed by atoms with van der Waals surface area (Å²) >= 11 is 5.77. The second kappa shape index (κ2) is 9.57. The van der Waals surface area contributed by atoms with Crippen LogP contribution < -0.4 is 10.6 Å². The first-order valence-corrected chi connectivity index (χ1v) is 11.2. The second-order valence-corrected chi connectivity index (χ2v) is 9.71. The van der Waals surface area contributed by atoms with Crippen molar-refractivity contribution >= 4 is 27.1 Å². The van der Waals surface area contributed by atoms with E-state index in [1.807, 2.05) is 0 Å². The molecule has 0 heterocycles. The van der Waals surface area contributed by atoms with Crippen LogP contribution in [-0.2, 0) is 21.9 Å². The second-order valence-electron chi connectivity index (χ2n) is 7.38. The van der Waals surface area contributed by atoms with Gasteiger partial charge in [0.1, 0.15) is 11.9 Å². The summed E-state index contributed by atoms with van der Waals surface area (Å²) in [6.07, 6.45) is -4.94. The van der Waals surface area contributed by atoms with E-state index in [1.54, 1.807) is 13.8 Å². The number of hydrogen-bond acceptors (Lipinski definition) is 5. The van der Waals surface area contributed by atoms with E-state index in [1.165, 1.54) is 18.2 Å². The average molecular weight is 508 g/mol. The SMILES string of the molecule is CC(C)N/C(Nc1cc(C(C)(F)F)cc(C(F)(F)F)c1)=C(\C#N)S(=O)(=O)c1ccc(Cl)cc1. The molecule has 0 saturated carbocycles. The minimum atomic E-state index is -4.94. The maximum absolute atomic E-state index is 13.8. The van der Waals surface area contributed by atoms with Gasteiger partial charge in [0.25, 0.3) is 5.92 Å². The maximum atomic E-state index is 13.8. The summed E-state index contributed by atoms with van der Waals surface area (Å²) < 4.78 is 93.6. The van der Waals surface area contributed by atoms with Crippen LogP contribution in [0.1, 0.15) is 31.9 Å². The number of nitrogens with one attached hydrogen (secondary N) is 2. The summed E-state index contributed by atoms with van der Waals surface area (Å²) in [5, 5.41) is 14.9. The van der Waals surface area contributed by atoms with Crippen LogP contribution in [-0.4, -0.2) is 14.5 Å². The summed E-state index contributed by atoms with van der Waals surface area (Å²) in [6.45, 7) is 3.60. The van der Waals surface area contributed by atoms with Crippen LogP contribution in [0.15, 0.2) is 58.1 Å². The van der Waals surface area contributed by atoms with Crippen LogP contribution in [0.5, 0.6) is 0 Å². The maximum Gasteiger partial charge on any atom is 0.416 e. The Morgan fingerprint density at radius 3 is 2.03 bits per heavy atom. The van der Waals surface area contributed by atoms with Crippen molar-refractivity contribution in [3.8, 4) is 6.07 Å². The number of allylic oxidation sites excluding steroid dienone is 1. The van der Waals surface area contributed by atoms with E-state index in [9.17, 15) is 35.6 Å². The van der Waals surface area contributed by atoms with E-state index in [-0.39, 0.29) is 9.92 Å². The third-order valence-corrected chi connectivity index (χ3v) is 6.17. The van der Waals surface area contributed by atoms with Gasteiger partial charge < -0.3 is 10.6 Å². The number of rotatable bonds is 7. The van der Waals surface area contributed by atoms with Crippen LogP contribution in [0.2, 0.25) is 5.02 Å². The number of nitrogens with zero attached hydrogens (tertiary/aromatic N) is 1. The highest BCUT2D eigenvalue weighted by molar-refractivity contribution is 7.95. The van der Waals surface area contributed by atoms with E-state index < -0.39 is 55.5 Å². The normalized spacial score (nSPS) is 13.4. The van der Waals surface area contributed by atoms with Crippen molar-refractivity contribution < 1.29 is 30.4 Å².